The highest BCUT2D eigenvalue weighted by Crippen LogP contribution is 2.21. The third-order valence-electron chi connectivity index (χ3n) is 2.76. The van der Waals surface area contributed by atoms with E-state index in [0.29, 0.717) is 23.5 Å². The zero-order chi connectivity index (χ0) is 14.4. The Bertz CT molecular complexity index is 645. The topological polar surface area (TPSA) is 59.3 Å². The van der Waals surface area contributed by atoms with Crippen molar-refractivity contribution in [3.63, 3.8) is 0 Å². The lowest BCUT2D eigenvalue weighted by atomic mass is 10.1. The highest BCUT2D eigenvalue weighted by Gasteiger charge is 2.10. The minimum atomic E-state index is -0.459. The molecule has 0 fully saturated rings. The van der Waals surface area contributed by atoms with E-state index < -0.39 is 5.97 Å². The Balaban J connectivity index is 2.21. The Morgan fingerprint density at radius 2 is 1.95 bits per heavy atom. The molecule has 0 radical (unpaired) electrons. The molecular weight excluding hydrogens is 254 g/mol. The molecule has 0 aliphatic heterocycles. The molecule has 0 saturated heterocycles. The second-order valence-electron chi connectivity index (χ2n) is 4.09. The Labute approximate surface area is 117 Å². The fourth-order valence-corrected chi connectivity index (χ4v) is 1.71. The quantitative estimate of drug-likeness (QED) is 0.799. The maximum absolute atomic E-state index is 11.5. The van der Waals surface area contributed by atoms with Crippen molar-refractivity contribution in [1.82, 2.24) is 0 Å². The number of carbonyl (C=O) groups is 1. The lowest BCUT2D eigenvalue weighted by Gasteiger charge is -2.09. The molecule has 0 saturated carbocycles. The second-order valence-corrected chi connectivity index (χ2v) is 4.09. The van der Waals surface area contributed by atoms with E-state index in [4.69, 9.17) is 10.00 Å². The monoisotopic (exact) mass is 267 g/mol. The van der Waals surface area contributed by atoms with E-state index in [9.17, 15) is 4.79 Å². The number of methoxy groups -OCH3 is 1. The molecule has 4 heteroatoms. The van der Waals surface area contributed by atoms with Gasteiger partial charge in [0.2, 0.25) is 0 Å². The number of ether oxygens (including phenoxy) is 2. The van der Waals surface area contributed by atoms with Gasteiger partial charge in [0, 0.05) is 0 Å². The first-order chi connectivity index (χ1) is 9.74. The number of nitriles is 1. The van der Waals surface area contributed by atoms with Gasteiger partial charge in [-0.25, -0.2) is 4.79 Å². The van der Waals surface area contributed by atoms with Gasteiger partial charge in [0.1, 0.15) is 18.4 Å². The Morgan fingerprint density at radius 1 is 1.20 bits per heavy atom. The third-order valence-corrected chi connectivity index (χ3v) is 2.76. The molecule has 0 amide bonds. The van der Waals surface area contributed by atoms with E-state index in [1.807, 2.05) is 36.4 Å². The smallest absolute Gasteiger partial charge is 0.337 e. The summed E-state index contributed by atoms with van der Waals surface area (Å²) in [4.78, 5) is 11.5. The molecule has 0 bridgehead atoms. The SMILES string of the molecule is COC(=O)c1ccc(C#N)c(OCc2ccccc2)c1. The number of nitrogens with zero attached hydrogens (tertiary/aromatic N) is 1. The molecule has 0 atom stereocenters. The summed E-state index contributed by atoms with van der Waals surface area (Å²) in [5.74, 6) is -0.0849. The molecule has 0 spiro atoms. The number of rotatable bonds is 4. The maximum Gasteiger partial charge on any atom is 0.337 e. The lowest BCUT2D eigenvalue weighted by molar-refractivity contribution is 0.0600. The van der Waals surface area contributed by atoms with Crippen LogP contribution < -0.4 is 4.74 Å². The summed E-state index contributed by atoms with van der Waals surface area (Å²) in [7, 11) is 1.31. The average Bonchev–Trinajstić information content (AvgIpc) is 2.52. The Hall–Kier alpha value is -2.80. The average molecular weight is 267 g/mol. The summed E-state index contributed by atoms with van der Waals surface area (Å²) < 4.78 is 10.3. The van der Waals surface area contributed by atoms with Gasteiger partial charge in [-0.2, -0.15) is 5.26 Å². The molecule has 4 nitrogen and oxygen atoms in total. The van der Waals surface area contributed by atoms with Crippen molar-refractivity contribution in [2.75, 3.05) is 7.11 Å². The summed E-state index contributed by atoms with van der Waals surface area (Å²) >= 11 is 0. The van der Waals surface area contributed by atoms with Gasteiger partial charge < -0.3 is 9.47 Å². The van der Waals surface area contributed by atoms with Crippen LogP contribution in [-0.4, -0.2) is 13.1 Å². The van der Waals surface area contributed by atoms with Crippen LogP contribution in [0.5, 0.6) is 5.75 Å². The molecule has 0 aromatic heterocycles. The van der Waals surface area contributed by atoms with E-state index in [-0.39, 0.29) is 0 Å². The molecular formula is C16H13NO3. The summed E-state index contributed by atoms with van der Waals surface area (Å²) in [5.41, 5.74) is 1.73. The van der Waals surface area contributed by atoms with E-state index >= 15 is 0 Å². The van der Waals surface area contributed by atoms with Crippen LogP contribution in [0.2, 0.25) is 0 Å². The first-order valence-electron chi connectivity index (χ1n) is 6.04. The van der Waals surface area contributed by atoms with Crippen LogP contribution >= 0.6 is 0 Å². The van der Waals surface area contributed by atoms with Crippen molar-refractivity contribution >= 4 is 5.97 Å². The fourth-order valence-electron chi connectivity index (χ4n) is 1.71. The van der Waals surface area contributed by atoms with Gasteiger partial charge >= 0.3 is 5.97 Å². The molecule has 2 aromatic carbocycles. The molecule has 2 aromatic rings. The van der Waals surface area contributed by atoms with E-state index in [1.165, 1.54) is 13.2 Å². The largest absolute Gasteiger partial charge is 0.487 e. The standard InChI is InChI=1S/C16H13NO3/c1-19-16(18)13-7-8-14(10-17)15(9-13)20-11-12-5-3-2-4-6-12/h2-9H,11H2,1H3. The maximum atomic E-state index is 11.5. The van der Waals surface area contributed by atoms with Crippen LogP contribution in [0.15, 0.2) is 48.5 Å². The van der Waals surface area contributed by atoms with Gasteiger partial charge in [-0.05, 0) is 23.8 Å². The van der Waals surface area contributed by atoms with Gasteiger partial charge in [-0.3, -0.25) is 0 Å². The Kier molecular flexibility index (Phi) is 4.35. The molecule has 0 heterocycles. The zero-order valence-corrected chi connectivity index (χ0v) is 11.0. The predicted molar refractivity (Wildman–Crippen MR) is 73.3 cm³/mol. The normalized spacial score (nSPS) is 9.60. The summed E-state index contributed by atoms with van der Waals surface area (Å²) in [6, 6.07) is 16.2. The highest BCUT2D eigenvalue weighted by molar-refractivity contribution is 5.90. The molecule has 0 aliphatic rings. The van der Waals surface area contributed by atoms with E-state index in [0.717, 1.165) is 5.56 Å². The summed E-state index contributed by atoms with van der Waals surface area (Å²) in [6.45, 7) is 0.333. The van der Waals surface area contributed by atoms with Crippen LogP contribution in [0.25, 0.3) is 0 Å². The van der Waals surface area contributed by atoms with Crippen LogP contribution in [-0.2, 0) is 11.3 Å². The number of benzene rings is 2. The van der Waals surface area contributed by atoms with Crippen LogP contribution in [0, 0.1) is 11.3 Å². The van der Waals surface area contributed by atoms with E-state index in [1.54, 1.807) is 12.1 Å². The number of esters is 1. The van der Waals surface area contributed by atoms with E-state index in [2.05, 4.69) is 4.74 Å². The van der Waals surface area contributed by atoms with Crippen molar-refractivity contribution < 1.29 is 14.3 Å². The van der Waals surface area contributed by atoms with Crippen molar-refractivity contribution in [2.45, 2.75) is 6.61 Å². The molecule has 0 aliphatic carbocycles. The number of carbonyl (C=O) groups excluding carboxylic acids is 1. The predicted octanol–water partition coefficient (Wildman–Crippen LogP) is 2.92. The van der Waals surface area contributed by atoms with Crippen LogP contribution in [0.3, 0.4) is 0 Å². The highest BCUT2D eigenvalue weighted by atomic mass is 16.5. The first-order valence-corrected chi connectivity index (χ1v) is 6.04. The van der Waals surface area contributed by atoms with Crippen molar-refractivity contribution in [3.05, 3.63) is 65.2 Å². The molecule has 0 unspecified atom stereocenters. The van der Waals surface area contributed by atoms with Gasteiger partial charge in [-0.15, -0.1) is 0 Å². The summed E-state index contributed by atoms with van der Waals surface area (Å²) in [5, 5.41) is 9.06. The Morgan fingerprint density at radius 3 is 2.60 bits per heavy atom. The zero-order valence-electron chi connectivity index (χ0n) is 11.0. The van der Waals surface area contributed by atoms with Gasteiger partial charge in [0.15, 0.2) is 0 Å². The van der Waals surface area contributed by atoms with Gasteiger partial charge in [0.05, 0.1) is 18.2 Å². The van der Waals surface area contributed by atoms with Crippen LogP contribution in [0.1, 0.15) is 21.5 Å². The van der Waals surface area contributed by atoms with Crippen molar-refractivity contribution in [3.8, 4) is 11.8 Å². The summed E-state index contributed by atoms with van der Waals surface area (Å²) in [6.07, 6.45) is 0. The first kappa shape index (κ1) is 13.6. The fraction of sp³-hybridized carbons (Fsp3) is 0.125. The minimum absolute atomic E-state index is 0.333. The number of hydrogen-bond donors (Lipinski definition) is 0. The molecule has 20 heavy (non-hydrogen) atoms. The lowest BCUT2D eigenvalue weighted by Crippen LogP contribution is -2.03. The van der Waals surface area contributed by atoms with Crippen molar-refractivity contribution in [2.24, 2.45) is 0 Å². The van der Waals surface area contributed by atoms with Crippen molar-refractivity contribution in [1.29, 1.82) is 5.26 Å². The van der Waals surface area contributed by atoms with Crippen LogP contribution in [0.4, 0.5) is 0 Å². The molecule has 2 rings (SSSR count). The second kappa shape index (κ2) is 6.39. The van der Waals surface area contributed by atoms with Gasteiger partial charge in [-0.1, -0.05) is 30.3 Å². The molecule has 100 valence electrons. The molecule has 0 N–H and O–H groups in total. The van der Waals surface area contributed by atoms with Gasteiger partial charge in [0.25, 0.3) is 0 Å². The third kappa shape index (κ3) is 3.15. The minimum Gasteiger partial charge on any atom is -0.487 e. The number of hydrogen-bond acceptors (Lipinski definition) is 4.